The van der Waals surface area contributed by atoms with E-state index < -0.39 is 26.2 Å². The van der Waals surface area contributed by atoms with Crippen LogP contribution in [0.5, 0.6) is 0 Å². The Labute approximate surface area is 156 Å². The van der Waals surface area contributed by atoms with Gasteiger partial charge in [0.05, 0.1) is 6.10 Å². The van der Waals surface area contributed by atoms with E-state index in [1.54, 1.807) is 0 Å². The molecule has 3 N–H and O–H groups in total. The Morgan fingerprint density at radius 1 is 1.22 bits per heavy atom. The highest BCUT2D eigenvalue weighted by Crippen LogP contribution is 2.23. The molecule has 3 heterocycles. The monoisotopic (exact) mass is 400 g/mol. The summed E-state index contributed by atoms with van der Waals surface area (Å²) < 4.78 is 32.2. The first-order valence-electron chi connectivity index (χ1n) is 9.01. The zero-order valence-electron chi connectivity index (χ0n) is 15.1. The summed E-state index contributed by atoms with van der Waals surface area (Å²) in [7, 11) is -4.05. The van der Waals surface area contributed by atoms with Gasteiger partial charge in [0.15, 0.2) is 4.90 Å². The summed E-state index contributed by atoms with van der Waals surface area (Å²) >= 11 is 0. The lowest BCUT2D eigenvalue weighted by Gasteiger charge is -2.30. The van der Waals surface area contributed by atoms with Crippen LogP contribution in [0.2, 0.25) is 0 Å². The highest BCUT2D eigenvalue weighted by atomic mass is 32.2. The highest BCUT2D eigenvalue weighted by Gasteiger charge is 2.35. The Hall–Kier alpha value is -1.98. The fourth-order valence-electron chi connectivity index (χ4n) is 3.55. The third kappa shape index (κ3) is 4.30. The first kappa shape index (κ1) is 19.8. The predicted molar refractivity (Wildman–Crippen MR) is 95.9 cm³/mol. The van der Waals surface area contributed by atoms with E-state index >= 15 is 0 Å². The van der Waals surface area contributed by atoms with Crippen molar-refractivity contribution in [3.05, 3.63) is 26.5 Å². The molecule has 27 heavy (non-hydrogen) atoms. The van der Waals surface area contributed by atoms with E-state index in [9.17, 15) is 22.8 Å². The van der Waals surface area contributed by atoms with E-state index in [1.165, 1.54) is 11.2 Å². The molecule has 1 aromatic rings. The Bertz CT molecular complexity index is 908. The maximum atomic E-state index is 12.8. The molecule has 0 aliphatic carbocycles. The topological polar surface area (TPSA) is 141 Å². The van der Waals surface area contributed by atoms with Gasteiger partial charge in [-0.05, 0) is 32.6 Å². The summed E-state index contributed by atoms with van der Waals surface area (Å²) in [5.41, 5.74) is -1.69. The Morgan fingerprint density at radius 3 is 2.52 bits per heavy atom. The SMILES string of the molecule is Cc1[nH]c(=O)[nH]c(=O)c1S(=O)(=O)N1CCC(C(=O)NC[C@H]2CCCO2)CC1. The van der Waals surface area contributed by atoms with Gasteiger partial charge in [-0.3, -0.25) is 14.6 Å². The van der Waals surface area contributed by atoms with Crippen LogP contribution in [-0.4, -0.2) is 60.9 Å². The number of nitrogens with one attached hydrogen (secondary N) is 3. The normalized spacial score (nSPS) is 22.0. The van der Waals surface area contributed by atoms with Crippen molar-refractivity contribution in [1.82, 2.24) is 19.6 Å². The number of aromatic nitrogens is 2. The van der Waals surface area contributed by atoms with Gasteiger partial charge in [0.2, 0.25) is 15.9 Å². The second kappa shape index (κ2) is 7.95. The first-order valence-corrected chi connectivity index (χ1v) is 10.5. The molecular weight excluding hydrogens is 376 g/mol. The molecule has 0 aromatic carbocycles. The van der Waals surface area contributed by atoms with Gasteiger partial charge in [-0.15, -0.1) is 0 Å². The third-order valence-electron chi connectivity index (χ3n) is 5.03. The average Bonchev–Trinajstić information content (AvgIpc) is 3.12. The maximum absolute atomic E-state index is 12.8. The van der Waals surface area contributed by atoms with Crippen LogP contribution in [0.3, 0.4) is 0 Å². The van der Waals surface area contributed by atoms with Gasteiger partial charge in [0.25, 0.3) is 5.56 Å². The van der Waals surface area contributed by atoms with Crippen LogP contribution in [0.15, 0.2) is 14.5 Å². The number of rotatable bonds is 5. The summed E-state index contributed by atoms with van der Waals surface area (Å²) in [6.07, 6.45) is 2.74. The number of piperidine rings is 1. The van der Waals surface area contributed by atoms with Gasteiger partial charge in [-0.25, -0.2) is 13.2 Å². The quantitative estimate of drug-likeness (QED) is 0.583. The average molecular weight is 400 g/mol. The Kier molecular flexibility index (Phi) is 5.82. The van der Waals surface area contributed by atoms with Gasteiger partial charge in [0.1, 0.15) is 0 Å². The molecule has 2 fully saturated rings. The molecule has 0 spiro atoms. The van der Waals surface area contributed by atoms with E-state index in [1.807, 2.05) is 4.98 Å². The van der Waals surface area contributed by atoms with Crippen molar-refractivity contribution in [1.29, 1.82) is 0 Å². The van der Waals surface area contributed by atoms with Gasteiger partial charge >= 0.3 is 5.69 Å². The minimum Gasteiger partial charge on any atom is -0.376 e. The molecule has 2 aliphatic heterocycles. The number of nitrogens with zero attached hydrogens (tertiary/aromatic N) is 1. The second-order valence-electron chi connectivity index (χ2n) is 6.92. The lowest BCUT2D eigenvalue weighted by molar-refractivity contribution is -0.126. The minimum atomic E-state index is -4.05. The van der Waals surface area contributed by atoms with Crippen LogP contribution in [0.25, 0.3) is 0 Å². The number of aromatic amines is 2. The van der Waals surface area contributed by atoms with Gasteiger partial charge in [0, 0.05) is 37.9 Å². The van der Waals surface area contributed by atoms with Gasteiger partial charge < -0.3 is 15.0 Å². The largest absolute Gasteiger partial charge is 0.376 e. The first-order chi connectivity index (χ1) is 12.8. The van der Waals surface area contributed by atoms with E-state index in [-0.39, 0.29) is 36.7 Å². The maximum Gasteiger partial charge on any atom is 0.325 e. The van der Waals surface area contributed by atoms with E-state index in [0.29, 0.717) is 19.4 Å². The molecule has 0 radical (unpaired) electrons. The highest BCUT2D eigenvalue weighted by molar-refractivity contribution is 7.89. The summed E-state index contributed by atoms with van der Waals surface area (Å²) in [6.45, 7) is 2.84. The standard InChI is InChI=1S/C16H24N4O6S/c1-10-13(15(22)19-16(23)18-10)27(24,25)20-6-4-11(5-7-20)14(21)17-9-12-3-2-8-26-12/h11-12H,2-9H2,1H3,(H,17,21)(H2,18,19,22,23)/t12-/m1/s1. The van der Waals surface area contributed by atoms with Gasteiger partial charge in [-0.2, -0.15) is 4.31 Å². The van der Waals surface area contributed by atoms with Crippen molar-refractivity contribution >= 4 is 15.9 Å². The lowest BCUT2D eigenvalue weighted by atomic mass is 9.97. The molecule has 2 aliphatic rings. The van der Waals surface area contributed by atoms with E-state index in [0.717, 1.165) is 19.4 Å². The summed E-state index contributed by atoms with van der Waals surface area (Å²) in [4.78, 5) is 39.3. The third-order valence-corrected chi connectivity index (χ3v) is 7.08. The number of H-pyrrole nitrogens is 2. The summed E-state index contributed by atoms with van der Waals surface area (Å²) in [5.74, 6) is -0.367. The minimum absolute atomic E-state index is 0.000167. The van der Waals surface area contributed by atoms with Crippen molar-refractivity contribution in [2.75, 3.05) is 26.2 Å². The molecule has 11 heteroatoms. The number of aryl methyl sites for hydroxylation is 1. The number of hydrogen-bond donors (Lipinski definition) is 3. The number of sulfonamides is 1. The van der Waals surface area contributed by atoms with Crippen LogP contribution < -0.4 is 16.6 Å². The van der Waals surface area contributed by atoms with E-state index in [2.05, 4.69) is 10.3 Å². The Morgan fingerprint density at radius 2 is 1.93 bits per heavy atom. The molecule has 150 valence electrons. The Balaban J connectivity index is 1.62. The molecule has 1 amide bonds. The molecule has 1 atom stereocenters. The molecule has 1 aromatic heterocycles. The van der Waals surface area contributed by atoms with Crippen LogP contribution in [-0.2, 0) is 19.6 Å². The van der Waals surface area contributed by atoms with Crippen LogP contribution in [0.1, 0.15) is 31.4 Å². The zero-order chi connectivity index (χ0) is 19.6. The number of carbonyl (C=O) groups excluding carboxylic acids is 1. The molecule has 0 bridgehead atoms. The van der Waals surface area contributed by atoms with Crippen molar-refractivity contribution in [3.63, 3.8) is 0 Å². The second-order valence-corrected chi connectivity index (χ2v) is 8.80. The van der Waals surface area contributed by atoms with Crippen molar-refractivity contribution in [2.24, 2.45) is 5.92 Å². The fraction of sp³-hybridized carbons (Fsp3) is 0.688. The molecular formula is C16H24N4O6S. The summed E-state index contributed by atoms with van der Waals surface area (Å²) in [6, 6.07) is 0. The van der Waals surface area contributed by atoms with Crippen molar-refractivity contribution in [2.45, 2.75) is 43.6 Å². The smallest absolute Gasteiger partial charge is 0.325 e. The molecule has 0 unspecified atom stereocenters. The summed E-state index contributed by atoms with van der Waals surface area (Å²) in [5, 5.41) is 2.88. The number of ether oxygens (including phenoxy) is 1. The number of hydrogen-bond acceptors (Lipinski definition) is 6. The molecule has 10 nitrogen and oxygen atoms in total. The van der Waals surface area contributed by atoms with Crippen molar-refractivity contribution in [3.8, 4) is 0 Å². The van der Waals surface area contributed by atoms with Gasteiger partial charge in [-0.1, -0.05) is 0 Å². The molecule has 3 rings (SSSR count). The van der Waals surface area contributed by atoms with Crippen LogP contribution in [0, 0.1) is 12.8 Å². The fourth-order valence-corrected chi connectivity index (χ4v) is 5.22. The van der Waals surface area contributed by atoms with Crippen molar-refractivity contribution < 1.29 is 17.9 Å². The number of carbonyl (C=O) groups is 1. The number of amides is 1. The molecule has 2 saturated heterocycles. The zero-order valence-corrected chi connectivity index (χ0v) is 15.9. The van der Waals surface area contributed by atoms with Crippen LogP contribution >= 0.6 is 0 Å². The molecule has 0 saturated carbocycles. The predicted octanol–water partition coefficient (Wildman–Crippen LogP) is -0.932. The van der Waals surface area contributed by atoms with E-state index in [4.69, 9.17) is 4.74 Å². The van der Waals surface area contributed by atoms with Crippen LogP contribution in [0.4, 0.5) is 0 Å². The lowest BCUT2D eigenvalue weighted by Crippen LogP contribution is -2.45.